The molecule has 0 saturated carbocycles. The average Bonchev–Trinajstić information content (AvgIpc) is 3.27. The van der Waals surface area contributed by atoms with Gasteiger partial charge in [-0.05, 0) is 18.6 Å². The Morgan fingerprint density at radius 2 is 2.08 bits per heavy atom. The van der Waals surface area contributed by atoms with E-state index in [-0.39, 0.29) is 23.2 Å². The first kappa shape index (κ1) is 16.4. The molecule has 4 rings (SSSR count). The number of benzene rings is 1. The van der Waals surface area contributed by atoms with Crippen molar-refractivity contribution in [2.45, 2.75) is 25.9 Å². The Kier molecular flexibility index (Phi) is 4.02. The highest BCUT2D eigenvalue weighted by atomic mass is 19.3. The van der Waals surface area contributed by atoms with E-state index in [1.165, 1.54) is 13.0 Å². The van der Waals surface area contributed by atoms with Gasteiger partial charge in [-0.3, -0.25) is 4.79 Å². The molecule has 2 aromatic heterocycles. The number of aromatic amines is 1. The number of hydrogen-bond donors (Lipinski definition) is 1. The lowest BCUT2D eigenvalue weighted by molar-refractivity contribution is 0.0529. The Bertz CT molecular complexity index is 934. The molecule has 1 N–H and O–H groups in total. The van der Waals surface area contributed by atoms with Crippen LogP contribution in [0.4, 0.5) is 8.78 Å². The van der Waals surface area contributed by atoms with E-state index in [1.807, 2.05) is 30.3 Å². The second kappa shape index (κ2) is 6.36. The maximum absolute atomic E-state index is 12.9. The zero-order valence-corrected chi connectivity index (χ0v) is 14.1. The molecule has 1 unspecified atom stereocenters. The molecule has 6 nitrogen and oxygen atoms in total. The Morgan fingerprint density at radius 3 is 2.77 bits per heavy atom. The molecule has 0 radical (unpaired) electrons. The molecule has 3 heterocycles. The largest absolute Gasteiger partial charge is 0.347 e. The summed E-state index contributed by atoms with van der Waals surface area (Å²) >= 11 is 0. The van der Waals surface area contributed by atoms with Crippen LogP contribution in [0.15, 0.2) is 42.7 Å². The van der Waals surface area contributed by atoms with Crippen LogP contribution < -0.4 is 0 Å². The fourth-order valence-electron chi connectivity index (χ4n) is 3.38. The first-order valence-corrected chi connectivity index (χ1v) is 8.25. The van der Waals surface area contributed by atoms with Gasteiger partial charge in [-0.25, -0.2) is 9.67 Å². The van der Waals surface area contributed by atoms with Crippen LogP contribution in [0.3, 0.4) is 0 Å². The molecular formula is C18H17F2N5O. The number of carbonyl (C=O) groups is 1. The van der Waals surface area contributed by atoms with Gasteiger partial charge in [-0.15, -0.1) is 0 Å². The van der Waals surface area contributed by atoms with Crippen molar-refractivity contribution in [1.29, 1.82) is 0 Å². The zero-order valence-electron chi connectivity index (χ0n) is 14.1. The average molecular weight is 357 g/mol. The van der Waals surface area contributed by atoms with Gasteiger partial charge in [0.05, 0.1) is 24.3 Å². The van der Waals surface area contributed by atoms with E-state index in [1.54, 1.807) is 11.2 Å². The summed E-state index contributed by atoms with van der Waals surface area (Å²) in [4.78, 5) is 22.0. The van der Waals surface area contributed by atoms with Crippen LogP contribution in [0.2, 0.25) is 0 Å². The van der Waals surface area contributed by atoms with Gasteiger partial charge in [0.2, 0.25) is 0 Å². The van der Waals surface area contributed by atoms with Gasteiger partial charge in [-0.1, -0.05) is 30.3 Å². The van der Waals surface area contributed by atoms with Gasteiger partial charge >= 0.3 is 6.55 Å². The standard InChI is InChI=1S/C18H17F2N5O/c1-11-7-14(23-25(11)18(19)20)17(26)24-8-13(12-5-3-2-4-6-12)16-15(9-24)21-10-22-16/h2-7,10,13,18H,8-9H2,1H3,(H,21,22). The van der Waals surface area contributed by atoms with E-state index in [0.717, 1.165) is 17.0 Å². The van der Waals surface area contributed by atoms with Crippen LogP contribution in [-0.2, 0) is 6.54 Å². The fraction of sp³-hybridized carbons (Fsp3) is 0.278. The molecule has 1 aliphatic rings. The Balaban J connectivity index is 1.66. The predicted octanol–water partition coefficient (Wildman–Crippen LogP) is 3.10. The van der Waals surface area contributed by atoms with Gasteiger partial charge in [0.25, 0.3) is 5.91 Å². The number of alkyl halides is 2. The molecule has 1 aromatic carbocycles. The lowest BCUT2D eigenvalue weighted by atomic mass is 9.91. The van der Waals surface area contributed by atoms with Crippen molar-refractivity contribution < 1.29 is 13.6 Å². The van der Waals surface area contributed by atoms with Gasteiger partial charge < -0.3 is 9.88 Å². The predicted molar refractivity (Wildman–Crippen MR) is 89.8 cm³/mol. The molecule has 1 atom stereocenters. The molecule has 134 valence electrons. The number of carbonyl (C=O) groups excluding carboxylic acids is 1. The third kappa shape index (κ3) is 2.77. The summed E-state index contributed by atoms with van der Waals surface area (Å²) in [6, 6.07) is 11.2. The normalized spacial score (nSPS) is 16.8. The first-order valence-electron chi connectivity index (χ1n) is 8.25. The van der Waals surface area contributed by atoms with Crippen molar-refractivity contribution in [3.05, 3.63) is 71.1 Å². The molecular weight excluding hydrogens is 340 g/mol. The van der Waals surface area contributed by atoms with Crippen LogP contribution in [0.1, 0.15) is 45.6 Å². The van der Waals surface area contributed by atoms with E-state index < -0.39 is 6.55 Å². The smallest absolute Gasteiger partial charge is 0.333 e. The summed E-state index contributed by atoms with van der Waals surface area (Å²) in [6.45, 7) is -0.500. The van der Waals surface area contributed by atoms with Crippen molar-refractivity contribution in [2.24, 2.45) is 0 Å². The third-order valence-corrected chi connectivity index (χ3v) is 4.65. The number of amides is 1. The molecule has 1 amide bonds. The lowest BCUT2D eigenvalue weighted by Crippen LogP contribution is -2.39. The molecule has 0 aliphatic carbocycles. The molecule has 0 fully saturated rings. The summed E-state index contributed by atoms with van der Waals surface area (Å²) in [7, 11) is 0. The van der Waals surface area contributed by atoms with Crippen LogP contribution >= 0.6 is 0 Å². The minimum absolute atomic E-state index is 0.0255. The molecule has 0 spiro atoms. The van der Waals surface area contributed by atoms with Crippen molar-refractivity contribution in [3.63, 3.8) is 0 Å². The number of aryl methyl sites for hydroxylation is 1. The third-order valence-electron chi connectivity index (χ3n) is 4.65. The van der Waals surface area contributed by atoms with E-state index in [0.29, 0.717) is 17.8 Å². The van der Waals surface area contributed by atoms with Gasteiger partial charge in [0.1, 0.15) is 0 Å². The highest BCUT2D eigenvalue weighted by Gasteiger charge is 2.32. The van der Waals surface area contributed by atoms with E-state index in [9.17, 15) is 13.6 Å². The van der Waals surface area contributed by atoms with Crippen molar-refractivity contribution in [2.75, 3.05) is 6.54 Å². The summed E-state index contributed by atoms with van der Waals surface area (Å²) in [5.74, 6) is -0.442. The second-order valence-electron chi connectivity index (χ2n) is 6.31. The lowest BCUT2D eigenvalue weighted by Gasteiger charge is -2.31. The van der Waals surface area contributed by atoms with Crippen LogP contribution in [0, 0.1) is 6.92 Å². The fourth-order valence-corrected chi connectivity index (χ4v) is 3.38. The summed E-state index contributed by atoms with van der Waals surface area (Å²) in [5, 5.41) is 3.78. The highest BCUT2D eigenvalue weighted by molar-refractivity contribution is 5.92. The monoisotopic (exact) mass is 357 g/mol. The van der Waals surface area contributed by atoms with E-state index in [4.69, 9.17) is 0 Å². The van der Waals surface area contributed by atoms with Crippen LogP contribution in [-0.4, -0.2) is 37.1 Å². The zero-order chi connectivity index (χ0) is 18.3. The number of nitrogens with one attached hydrogen (secondary N) is 1. The van der Waals surface area contributed by atoms with Crippen LogP contribution in [0.25, 0.3) is 0 Å². The number of fused-ring (bicyclic) bond motifs is 1. The topological polar surface area (TPSA) is 66.8 Å². The van der Waals surface area contributed by atoms with Crippen LogP contribution in [0.5, 0.6) is 0 Å². The molecule has 8 heteroatoms. The Labute approximate surface area is 148 Å². The maximum Gasteiger partial charge on any atom is 0.333 e. The Morgan fingerprint density at radius 1 is 1.31 bits per heavy atom. The molecule has 26 heavy (non-hydrogen) atoms. The summed E-state index contributed by atoms with van der Waals surface area (Å²) < 4.78 is 26.5. The van der Waals surface area contributed by atoms with E-state index in [2.05, 4.69) is 15.1 Å². The number of aromatic nitrogens is 4. The van der Waals surface area contributed by atoms with Crippen molar-refractivity contribution in [3.8, 4) is 0 Å². The quantitative estimate of drug-likeness (QED) is 0.783. The molecule has 0 saturated heterocycles. The molecule has 0 bridgehead atoms. The molecule has 3 aromatic rings. The Hall–Kier alpha value is -3.03. The van der Waals surface area contributed by atoms with Gasteiger partial charge in [0, 0.05) is 18.2 Å². The van der Waals surface area contributed by atoms with Gasteiger partial charge in [-0.2, -0.15) is 13.9 Å². The number of hydrogen-bond acceptors (Lipinski definition) is 3. The summed E-state index contributed by atoms with van der Waals surface area (Å²) in [5.41, 5.74) is 3.09. The number of rotatable bonds is 3. The number of nitrogens with zero attached hydrogens (tertiary/aromatic N) is 4. The van der Waals surface area contributed by atoms with Crippen molar-refractivity contribution >= 4 is 5.91 Å². The number of halogens is 2. The number of H-pyrrole nitrogens is 1. The number of imidazole rings is 1. The maximum atomic E-state index is 12.9. The second-order valence-corrected chi connectivity index (χ2v) is 6.31. The van der Waals surface area contributed by atoms with Gasteiger partial charge in [0.15, 0.2) is 5.69 Å². The summed E-state index contributed by atoms with van der Waals surface area (Å²) in [6.07, 6.45) is 1.62. The van der Waals surface area contributed by atoms with Crippen molar-refractivity contribution in [1.82, 2.24) is 24.6 Å². The highest BCUT2D eigenvalue weighted by Crippen LogP contribution is 2.32. The first-order chi connectivity index (χ1) is 12.5. The van der Waals surface area contributed by atoms with E-state index >= 15 is 0 Å². The minimum Gasteiger partial charge on any atom is -0.347 e. The SMILES string of the molecule is Cc1cc(C(=O)N2Cc3[nH]cnc3C(c3ccccc3)C2)nn1C(F)F. The minimum atomic E-state index is -2.77. The molecule has 1 aliphatic heterocycles.